The smallest absolute Gasteiger partial charge is 0.227 e. The molecule has 0 aliphatic heterocycles. The Labute approximate surface area is 123 Å². The summed E-state index contributed by atoms with van der Waals surface area (Å²) in [5.74, 6) is 1.16. The van der Waals surface area contributed by atoms with Gasteiger partial charge in [-0.25, -0.2) is 0 Å². The Balaban J connectivity index is 1.82. The number of carbonyl (C=O) groups is 1. The van der Waals surface area contributed by atoms with Crippen LogP contribution in [0.5, 0.6) is 11.5 Å². The molecule has 0 spiro atoms. The van der Waals surface area contributed by atoms with Crippen molar-refractivity contribution < 1.29 is 14.3 Å². The molecule has 0 fully saturated rings. The van der Waals surface area contributed by atoms with Gasteiger partial charge in [-0.15, -0.1) is 0 Å². The molecule has 0 unspecified atom stereocenters. The standard InChI is InChI=1S/C16H18N2O3/c1-20-15-11-12(7-8-14(15)17)18-16(19)9-10-21-13-5-3-2-4-6-13/h2-8,11H,9-10,17H2,1H3,(H,18,19). The van der Waals surface area contributed by atoms with Crippen LogP contribution in [0.1, 0.15) is 6.42 Å². The van der Waals surface area contributed by atoms with Crippen LogP contribution in [0.4, 0.5) is 11.4 Å². The second-order valence-electron chi connectivity index (χ2n) is 4.42. The van der Waals surface area contributed by atoms with E-state index >= 15 is 0 Å². The van der Waals surface area contributed by atoms with Crippen molar-refractivity contribution in [2.75, 3.05) is 24.8 Å². The Morgan fingerprint density at radius 1 is 1.19 bits per heavy atom. The Morgan fingerprint density at radius 3 is 2.67 bits per heavy atom. The van der Waals surface area contributed by atoms with E-state index in [2.05, 4.69) is 5.32 Å². The van der Waals surface area contributed by atoms with E-state index in [1.165, 1.54) is 7.11 Å². The van der Waals surface area contributed by atoms with E-state index in [4.69, 9.17) is 15.2 Å². The second kappa shape index (κ2) is 7.19. The Bertz CT molecular complexity index is 600. The van der Waals surface area contributed by atoms with Gasteiger partial charge in [-0.3, -0.25) is 4.79 Å². The predicted molar refractivity (Wildman–Crippen MR) is 82.6 cm³/mol. The van der Waals surface area contributed by atoms with Crippen LogP contribution in [0.2, 0.25) is 0 Å². The van der Waals surface area contributed by atoms with Crippen LogP contribution in [0.3, 0.4) is 0 Å². The van der Waals surface area contributed by atoms with Crippen molar-refractivity contribution in [3.05, 3.63) is 48.5 Å². The zero-order chi connectivity index (χ0) is 15.1. The maximum absolute atomic E-state index is 11.8. The quantitative estimate of drug-likeness (QED) is 0.801. The number of ether oxygens (including phenoxy) is 2. The number of hydrogen-bond acceptors (Lipinski definition) is 4. The summed E-state index contributed by atoms with van der Waals surface area (Å²) < 4.78 is 10.6. The van der Waals surface area contributed by atoms with Gasteiger partial charge in [0.2, 0.25) is 5.91 Å². The van der Waals surface area contributed by atoms with Crippen molar-refractivity contribution in [3.8, 4) is 11.5 Å². The van der Waals surface area contributed by atoms with Crippen LogP contribution in [0, 0.1) is 0 Å². The van der Waals surface area contributed by atoms with Gasteiger partial charge in [0.25, 0.3) is 0 Å². The average Bonchev–Trinajstić information content (AvgIpc) is 2.50. The molecule has 1 amide bonds. The van der Waals surface area contributed by atoms with Crippen LogP contribution in [-0.2, 0) is 4.79 Å². The Kier molecular flexibility index (Phi) is 5.04. The number of carbonyl (C=O) groups excluding carboxylic acids is 1. The number of nitrogens with one attached hydrogen (secondary N) is 1. The van der Waals surface area contributed by atoms with Gasteiger partial charge in [0.15, 0.2) is 0 Å². The third kappa shape index (κ3) is 4.42. The van der Waals surface area contributed by atoms with Crippen molar-refractivity contribution in [2.24, 2.45) is 0 Å². The molecule has 0 aliphatic rings. The van der Waals surface area contributed by atoms with Gasteiger partial charge in [-0.2, -0.15) is 0 Å². The van der Waals surface area contributed by atoms with E-state index in [-0.39, 0.29) is 12.3 Å². The van der Waals surface area contributed by atoms with Crippen LogP contribution < -0.4 is 20.5 Å². The van der Waals surface area contributed by atoms with E-state index in [9.17, 15) is 4.79 Å². The summed E-state index contributed by atoms with van der Waals surface area (Å²) in [7, 11) is 1.53. The number of amides is 1. The van der Waals surface area contributed by atoms with E-state index in [1.807, 2.05) is 30.3 Å². The molecule has 0 saturated heterocycles. The molecule has 5 nitrogen and oxygen atoms in total. The first kappa shape index (κ1) is 14.7. The van der Waals surface area contributed by atoms with Crippen molar-refractivity contribution in [3.63, 3.8) is 0 Å². The van der Waals surface area contributed by atoms with Gasteiger partial charge in [0.1, 0.15) is 11.5 Å². The number of anilines is 2. The van der Waals surface area contributed by atoms with Gasteiger partial charge < -0.3 is 20.5 Å². The van der Waals surface area contributed by atoms with E-state index in [0.717, 1.165) is 5.75 Å². The maximum Gasteiger partial charge on any atom is 0.227 e. The monoisotopic (exact) mass is 286 g/mol. The summed E-state index contributed by atoms with van der Waals surface area (Å²) in [4.78, 5) is 11.8. The molecule has 21 heavy (non-hydrogen) atoms. The lowest BCUT2D eigenvalue weighted by Gasteiger charge is -2.09. The van der Waals surface area contributed by atoms with Crippen LogP contribution in [0.25, 0.3) is 0 Å². The summed E-state index contributed by atoms with van der Waals surface area (Å²) in [6, 6.07) is 14.5. The molecule has 0 aromatic heterocycles. The van der Waals surface area contributed by atoms with Gasteiger partial charge in [-0.05, 0) is 24.3 Å². The van der Waals surface area contributed by atoms with E-state index in [1.54, 1.807) is 18.2 Å². The average molecular weight is 286 g/mol. The van der Waals surface area contributed by atoms with E-state index in [0.29, 0.717) is 23.7 Å². The van der Waals surface area contributed by atoms with Crippen molar-refractivity contribution in [1.82, 2.24) is 0 Å². The summed E-state index contributed by atoms with van der Waals surface area (Å²) >= 11 is 0. The molecule has 5 heteroatoms. The molecule has 0 aliphatic carbocycles. The minimum Gasteiger partial charge on any atom is -0.495 e. The van der Waals surface area contributed by atoms with Crippen molar-refractivity contribution in [1.29, 1.82) is 0 Å². The summed E-state index contributed by atoms with van der Waals surface area (Å²) in [6.07, 6.45) is 0.265. The summed E-state index contributed by atoms with van der Waals surface area (Å²) in [5.41, 5.74) is 6.89. The molecular weight excluding hydrogens is 268 g/mol. The third-order valence-electron chi connectivity index (χ3n) is 2.86. The normalized spacial score (nSPS) is 9.95. The van der Waals surface area contributed by atoms with Gasteiger partial charge in [-0.1, -0.05) is 18.2 Å². The molecule has 110 valence electrons. The lowest BCUT2D eigenvalue weighted by molar-refractivity contribution is -0.116. The Morgan fingerprint density at radius 2 is 1.95 bits per heavy atom. The maximum atomic E-state index is 11.8. The molecule has 2 aromatic rings. The summed E-state index contributed by atoms with van der Waals surface area (Å²) in [6.45, 7) is 0.321. The first-order chi connectivity index (χ1) is 10.2. The highest BCUT2D eigenvalue weighted by Gasteiger charge is 2.06. The highest BCUT2D eigenvalue weighted by molar-refractivity contribution is 5.91. The molecule has 3 N–H and O–H groups in total. The lowest BCUT2D eigenvalue weighted by Crippen LogP contribution is -2.15. The highest BCUT2D eigenvalue weighted by atomic mass is 16.5. The number of rotatable bonds is 6. The first-order valence-electron chi connectivity index (χ1n) is 6.60. The molecule has 0 saturated carbocycles. The zero-order valence-corrected chi connectivity index (χ0v) is 11.8. The third-order valence-corrected chi connectivity index (χ3v) is 2.86. The molecule has 0 radical (unpaired) electrons. The minimum atomic E-state index is -0.127. The zero-order valence-electron chi connectivity index (χ0n) is 11.8. The fraction of sp³-hybridized carbons (Fsp3) is 0.188. The van der Waals surface area contributed by atoms with Crippen molar-refractivity contribution >= 4 is 17.3 Å². The first-order valence-corrected chi connectivity index (χ1v) is 6.60. The number of methoxy groups -OCH3 is 1. The van der Waals surface area contributed by atoms with Crippen molar-refractivity contribution in [2.45, 2.75) is 6.42 Å². The lowest BCUT2D eigenvalue weighted by atomic mass is 10.2. The fourth-order valence-electron chi connectivity index (χ4n) is 1.79. The molecule has 0 heterocycles. The number of hydrogen-bond donors (Lipinski definition) is 2. The predicted octanol–water partition coefficient (Wildman–Crippen LogP) is 2.69. The largest absolute Gasteiger partial charge is 0.495 e. The topological polar surface area (TPSA) is 73.6 Å². The van der Waals surface area contributed by atoms with Crippen LogP contribution in [0.15, 0.2) is 48.5 Å². The molecular formula is C16H18N2O3. The van der Waals surface area contributed by atoms with Crippen LogP contribution >= 0.6 is 0 Å². The van der Waals surface area contributed by atoms with Gasteiger partial charge in [0.05, 0.1) is 25.8 Å². The second-order valence-corrected chi connectivity index (χ2v) is 4.42. The Hall–Kier alpha value is -2.69. The SMILES string of the molecule is COc1cc(NC(=O)CCOc2ccccc2)ccc1N. The highest BCUT2D eigenvalue weighted by Crippen LogP contribution is 2.24. The number of nitrogen functional groups attached to an aromatic ring is 1. The fourth-order valence-corrected chi connectivity index (χ4v) is 1.79. The van der Waals surface area contributed by atoms with E-state index < -0.39 is 0 Å². The number of para-hydroxylation sites is 1. The number of benzene rings is 2. The molecule has 2 rings (SSSR count). The number of nitrogens with two attached hydrogens (primary N) is 1. The minimum absolute atomic E-state index is 0.127. The van der Waals surface area contributed by atoms with Gasteiger partial charge >= 0.3 is 0 Å². The van der Waals surface area contributed by atoms with Gasteiger partial charge in [0, 0.05) is 11.8 Å². The summed E-state index contributed by atoms with van der Waals surface area (Å²) in [5, 5.41) is 2.78. The molecule has 0 atom stereocenters. The molecule has 2 aromatic carbocycles. The molecule has 0 bridgehead atoms. The van der Waals surface area contributed by atoms with Crippen LogP contribution in [-0.4, -0.2) is 19.6 Å².